The molecule has 0 aliphatic rings. The van der Waals surface area contributed by atoms with E-state index in [0.717, 1.165) is 5.56 Å². The van der Waals surface area contributed by atoms with E-state index < -0.39 is 10.9 Å². The van der Waals surface area contributed by atoms with Crippen molar-refractivity contribution in [2.24, 2.45) is 0 Å². The first-order valence-electron chi connectivity index (χ1n) is 8.27. The number of carbonyl (C=O) groups is 1. The van der Waals surface area contributed by atoms with Gasteiger partial charge in [0.1, 0.15) is 18.1 Å². The van der Waals surface area contributed by atoms with Crippen molar-refractivity contribution in [2.75, 3.05) is 0 Å². The lowest BCUT2D eigenvalue weighted by molar-refractivity contribution is -0.385. The van der Waals surface area contributed by atoms with Crippen LogP contribution in [0, 0.1) is 17.0 Å². The molecule has 0 unspecified atom stereocenters. The van der Waals surface area contributed by atoms with Crippen molar-refractivity contribution in [3.63, 3.8) is 0 Å². The fourth-order valence-corrected chi connectivity index (χ4v) is 2.44. The average Bonchev–Trinajstić information content (AvgIpc) is 2.68. The molecule has 0 fully saturated rings. The van der Waals surface area contributed by atoms with Crippen LogP contribution < -0.4 is 9.47 Å². The maximum atomic E-state index is 12.2. The second-order valence-corrected chi connectivity index (χ2v) is 5.89. The summed E-state index contributed by atoms with van der Waals surface area (Å²) in [7, 11) is 0. The summed E-state index contributed by atoms with van der Waals surface area (Å²) in [5.41, 5.74) is 1.54. The lowest BCUT2D eigenvalue weighted by atomic mass is 10.1. The SMILES string of the molecule is Cc1ccc(C(=O)Oc2ccc(OCc3ccccc3)cc2)cc1[N+](=O)[O-]. The van der Waals surface area contributed by atoms with Crippen molar-refractivity contribution in [1.29, 1.82) is 0 Å². The molecule has 0 atom stereocenters. The van der Waals surface area contributed by atoms with Crippen LogP contribution in [-0.4, -0.2) is 10.9 Å². The Kier molecular flexibility index (Phi) is 5.47. The summed E-state index contributed by atoms with van der Waals surface area (Å²) in [6.45, 7) is 2.05. The van der Waals surface area contributed by atoms with Crippen LogP contribution in [0.5, 0.6) is 11.5 Å². The molecule has 3 aromatic carbocycles. The lowest BCUT2D eigenvalue weighted by Crippen LogP contribution is -2.09. The zero-order valence-corrected chi connectivity index (χ0v) is 14.6. The fraction of sp³-hybridized carbons (Fsp3) is 0.0952. The predicted octanol–water partition coefficient (Wildman–Crippen LogP) is 4.70. The third kappa shape index (κ3) is 4.70. The first-order valence-corrected chi connectivity index (χ1v) is 8.27. The molecule has 6 heteroatoms. The maximum absolute atomic E-state index is 12.2. The summed E-state index contributed by atoms with van der Waals surface area (Å²) in [5.74, 6) is 0.316. The Morgan fingerprint density at radius 3 is 2.30 bits per heavy atom. The van der Waals surface area contributed by atoms with Crippen LogP contribution >= 0.6 is 0 Å². The molecule has 0 spiro atoms. The van der Waals surface area contributed by atoms with Crippen LogP contribution in [0.15, 0.2) is 72.8 Å². The van der Waals surface area contributed by atoms with Gasteiger partial charge in [-0.2, -0.15) is 0 Å². The number of aryl methyl sites for hydroxylation is 1. The second kappa shape index (κ2) is 8.14. The number of carbonyl (C=O) groups excluding carboxylic acids is 1. The van der Waals surface area contributed by atoms with Gasteiger partial charge in [-0.15, -0.1) is 0 Å². The summed E-state index contributed by atoms with van der Waals surface area (Å²) >= 11 is 0. The van der Waals surface area contributed by atoms with Crippen LogP contribution in [0.3, 0.4) is 0 Å². The van der Waals surface area contributed by atoms with E-state index in [1.54, 1.807) is 31.2 Å². The molecule has 0 bridgehead atoms. The van der Waals surface area contributed by atoms with E-state index in [4.69, 9.17) is 9.47 Å². The molecule has 0 saturated carbocycles. The normalized spacial score (nSPS) is 10.3. The average molecular weight is 363 g/mol. The van der Waals surface area contributed by atoms with E-state index in [0.29, 0.717) is 23.7 Å². The van der Waals surface area contributed by atoms with Crippen LogP contribution in [0.2, 0.25) is 0 Å². The molecular formula is C21H17NO5. The summed E-state index contributed by atoms with van der Waals surface area (Å²) in [6, 6.07) is 20.6. The Balaban J connectivity index is 1.63. The number of esters is 1. The maximum Gasteiger partial charge on any atom is 0.343 e. The standard InChI is InChI=1S/C21H17NO5/c1-15-7-8-17(13-20(15)22(24)25)21(23)27-19-11-9-18(10-12-19)26-14-16-5-3-2-4-6-16/h2-13H,14H2,1H3. The van der Waals surface area contributed by atoms with Gasteiger partial charge < -0.3 is 9.47 Å². The van der Waals surface area contributed by atoms with Crippen molar-refractivity contribution in [3.05, 3.63) is 99.6 Å². The Hall–Kier alpha value is -3.67. The third-order valence-corrected chi connectivity index (χ3v) is 3.92. The smallest absolute Gasteiger partial charge is 0.343 e. The monoisotopic (exact) mass is 363 g/mol. The number of hydrogen-bond donors (Lipinski definition) is 0. The van der Waals surface area contributed by atoms with Gasteiger partial charge in [-0.25, -0.2) is 4.79 Å². The Labute approximate surface area is 156 Å². The minimum atomic E-state index is -0.656. The molecule has 0 heterocycles. The van der Waals surface area contributed by atoms with E-state index in [1.165, 1.54) is 18.2 Å². The van der Waals surface area contributed by atoms with Crippen LogP contribution in [-0.2, 0) is 6.61 Å². The number of rotatable bonds is 6. The third-order valence-electron chi connectivity index (χ3n) is 3.92. The molecule has 0 radical (unpaired) electrons. The van der Waals surface area contributed by atoms with Crippen LogP contribution in [0.25, 0.3) is 0 Å². The molecule has 3 rings (SSSR count). The first kappa shape index (κ1) is 18.1. The first-order chi connectivity index (χ1) is 13.0. The summed E-state index contributed by atoms with van der Waals surface area (Å²) in [5, 5.41) is 11.0. The molecule has 27 heavy (non-hydrogen) atoms. The summed E-state index contributed by atoms with van der Waals surface area (Å²) in [4.78, 5) is 22.7. The molecule has 6 nitrogen and oxygen atoms in total. The van der Waals surface area contributed by atoms with Crippen molar-refractivity contribution in [1.82, 2.24) is 0 Å². The Morgan fingerprint density at radius 2 is 1.63 bits per heavy atom. The van der Waals surface area contributed by atoms with Gasteiger partial charge in [-0.1, -0.05) is 36.4 Å². The molecule has 0 amide bonds. The number of ether oxygens (including phenoxy) is 2. The summed E-state index contributed by atoms with van der Waals surface area (Å²) in [6.07, 6.45) is 0. The molecule has 0 aliphatic heterocycles. The van der Waals surface area contributed by atoms with Gasteiger partial charge in [0.25, 0.3) is 5.69 Å². The molecule has 0 N–H and O–H groups in total. The highest BCUT2D eigenvalue weighted by Crippen LogP contribution is 2.22. The highest BCUT2D eigenvalue weighted by molar-refractivity contribution is 5.92. The number of nitro benzene ring substituents is 1. The molecule has 136 valence electrons. The molecule has 3 aromatic rings. The predicted molar refractivity (Wildman–Crippen MR) is 100 cm³/mol. The number of hydrogen-bond acceptors (Lipinski definition) is 5. The van der Waals surface area contributed by atoms with Crippen LogP contribution in [0.4, 0.5) is 5.69 Å². The number of benzene rings is 3. The molecule has 0 aliphatic carbocycles. The van der Waals surface area contributed by atoms with Crippen molar-refractivity contribution < 1.29 is 19.2 Å². The quantitative estimate of drug-likeness (QED) is 0.274. The van der Waals surface area contributed by atoms with E-state index in [1.807, 2.05) is 30.3 Å². The van der Waals surface area contributed by atoms with Crippen molar-refractivity contribution >= 4 is 11.7 Å². The van der Waals surface area contributed by atoms with Crippen molar-refractivity contribution in [3.8, 4) is 11.5 Å². The van der Waals surface area contributed by atoms with Crippen molar-refractivity contribution in [2.45, 2.75) is 13.5 Å². The van der Waals surface area contributed by atoms with E-state index >= 15 is 0 Å². The number of nitro groups is 1. The van der Waals surface area contributed by atoms with Gasteiger partial charge in [0.15, 0.2) is 0 Å². The fourth-order valence-electron chi connectivity index (χ4n) is 2.44. The van der Waals surface area contributed by atoms with E-state index in [9.17, 15) is 14.9 Å². The Bertz CT molecular complexity index is 952. The highest BCUT2D eigenvalue weighted by atomic mass is 16.6. The molecule has 0 aromatic heterocycles. The van der Waals surface area contributed by atoms with Gasteiger partial charge >= 0.3 is 5.97 Å². The summed E-state index contributed by atoms with van der Waals surface area (Å²) < 4.78 is 11.0. The largest absolute Gasteiger partial charge is 0.489 e. The second-order valence-electron chi connectivity index (χ2n) is 5.89. The van der Waals surface area contributed by atoms with Gasteiger partial charge in [-0.3, -0.25) is 10.1 Å². The number of nitrogens with zero attached hydrogens (tertiary/aromatic N) is 1. The van der Waals surface area contributed by atoms with Gasteiger partial charge in [0.05, 0.1) is 10.5 Å². The Morgan fingerprint density at radius 1 is 0.963 bits per heavy atom. The minimum absolute atomic E-state index is 0.117. The highest BCUT2D eigenvalue weighted by Gasteiger charge is 2.16. The topological polar surface area (TPSA) is 78.7 Å². The minimum Gasteiger partial charge on any atom is -0.489 e. The zero-order chi connectivity index (χ0) is 19.2. The lowest BCUT2D eigenvalue weighted by Gasteiger charge is -2.08. The molecule has 0 saturated heterocycles. The van der Waals surface area contributed by atoms with E-state index in [2.05, 4.69) is 0 Å². The van der Waals surface area contributed by atoms with Gasteiger partial charge in [0.2, 0.25) is 0 Å². The van der Waals surface area contributed by atoms with Gasteiger partial charge in [-0.05, 0) is 42.8 Å². The van der Waals surface area contributed by atoms with E-state index in [-0.39, 0.29) is 11.3 Å². The van der Waals surface area contributed by atoms with Crippen LogP contribution in [0.1, 0.15) is 21.5 Å². The zero-order valence-electron chi connectivity index (χ0n) is 14.6. The van der Waals surface area contributed by atoms with Gasteiger partial charge in [0, 0.05) is 11.6 Å². The molecular weight excluding hydrogens is 346 g/mol.